The highest BCUT2D eigenvalue weighted by Crippen LogP contribution is 2.57. The molecule has 3 atom stereocenters. The van der Waals surface area contributed by atoms with E-state index in [0.29, 0.717) is 5.88 Å². The number of anilines is 1. The fourth-order valence-corrected chi connectivity index (χ4v) is 3.78. The summed E-state index contributed by atoms with van der Waals surface area (Å²) >= 11 is 0. The lowest BCUT2D eigenvalue weighted by molar-refractivity contribution is -0.222. The molecule has 1 aliphatic carbocycles. The summed E-state index contributed by atoms with van der Waals surface area (Å²) in [5.74, 6) is 0.238. The van der Waals surface area contributed by atoms with Crippen LogP contribution in [0.25, 0.3) is 0 Å². The van der Waals surface area contributed by atoms with Gasteiger partial charge in [-0.1, -0.05) is 19.0 Å². The molecule has 0 radical (unpaired) electrons. The van der Waals surface area contributed by atoms with Gasteiger partial charge in [0.15, 0.2) is 0 Å². The molecule has 2 aliphatic rings. The number of fused-ring (bicyclic) bond motifs is 1. The fraction of sp³-hybridized carbons (Fsp3) is 0.733. The predicted molar refractivity (Wildman–Crippen MR) is 77.8 cm³/mol. The van der Waals surface area contributed by atoms with Crippen molar-refractivity contribution in [3.63, 3.8) is 0 Å². The van der Waals surface area contributed by atoms with Crippen molar-refractivity contribution in [2.24, 2.45) is 17.1 Å². The summed E-state index contributed by atoms with van der Waals surface area (Å²) in [6.07, 6.45) is 1.93. The molecule has 1 aliphatic heterocycles. The topological polar surface area (TPSA) is 90.4 Å². The molecule has 116 valence electrons. The van der Waals surface area contributed by atoms with Gasteiger partial charge in [0.2, 0.25) is 11.8 Å². The van der Waals surface area contributed by atoms with Crippen molar-refractivity contribution in [2.45, 2.75) is 52.2 Å². The zero-order valence-electron chi connectivity index (χ0n) is 13.0. The molecule has 1 amide bonds. The number of carbonyl (C=O) groups is 1. The zero-order chi connectivity index (χ0) is 15.4. The number of aryl methyl sites for hydroxylation is 1. The monoisotopic (exact) mass is 293 g/mol. The Kier molecular flexibility index (Phi) is 3.15. The zero-order valence-corrected chi connectivity index (χ0v) is 13.0. The number of nitrogens with one attached hydrogen (secondary N) is 1. The molecule has 21 heavy (non-hydrogen) atoms. The van der Waals surface area contributed by atoms with Crippen molar-refractivity contribution in [3.05, 3.63) is 11.3 Å². The van der Waals surface area contributed by atoms with E-state index in [9.17, 15) is 4.79 Å². The van der Waals surface area contributed by atoms with Crippen molar-refractivity contribution in [2.75, 3.05) is 11.9 Å². The first-order chi connectivity index (χ1) is 9.80. The van der Waals surface area contributed by atoms with E-state index >= 15 is 0 Å². The van der Waals surface area contributed by atoms with Gasteiger partial charge < -0.3 is 15.0 Å². The van der Waals surface area contributed by atoms with Crippen molar-refractivity contribution in [1.29, 1.82) is 0 Å². The first-order valence-corrected chi connectivity index (χ1v) is 7.45. The van der Waals surface area contributed by atoms with Crippen LogP contribution in [-0.2, 0) is 9.53 Å². The van der Waals surface area contributed by atoms with E-state index in [2.05, 4.69) is 10.5 Å². The lowest BCUT2D eigenvalue weighted by Crippen LogP contribution is -2.81. The molecule has 3 rings (SSSR count). The van der Waals surface area contributed by atoms with Crippen LogP contribution >= 0.6 is 0 Å². The largest absolute Gasteiger partial charge is 0.377 e. The van der Waals surface area contributed by atoms with Crippen molar-refractivity contribution in [1.82, 2.24) is 5.16 Å². The second-order valence-corrected chi connectivity index (χ2v) is 6.81. The summed E-state index contributed by atoms with van der Waals surface area (Å²) in [5.41, 5.74) is 6.79. The maximum atomic E-state index is 12.8. The summed E-state index contributed by atoms with van der Waals surface area (Å²) in [4.78, 5) is 12.8. The van der Waals surface area contributed by atoms with Gasteiger partial charge in [-0.3, -0.25) is 10.1 Å². The van der Waals surface area contributed by atoms with Crippen LogP contribution in [0.4, 0.5) is 5.88 Å². The van der Waals surface area contributed by atoms with E-state index in [1.807, 2.05) is 27.7 Å². The summed E-state index contributed by atoms with van der Waals surface area (Å²) < 4.78 is 11.0. The van der Waals surface area contributed by atoms with Gasteiger partial charge in [0, 0.05) is 23.5 Å². The van der Waals surface area contributed by atoms with Gasteiger partial charge in [-0.15, -0.1) is 0 Å². The Bertz CT molecular complexity index is 581. The van der Waals surface area contributed by atoms with Gasteiger partial charge in [-0.25, -0.2) is 0 Å². The SMILES string of the molecule is Cc1noc(NC(=O)C2(N)C3CCCOC3C2(C)C)c1C. The van der Waals surface area contributed by atoms with Crippen LogP contribution in [0.5, 0.6) is 0 Å². The lowest BCUT2D eigenvalue weighted by Gasteiger charge is -2.64. The van der Waals surface area contributed by atoms with Crippen LogP contribution in [0.15, 0.2) is 4.52 Å². The third-order valence-electron chi connectivity index (χ3n) is 5.44. The molecule has 0 spiro atoms. The maximum Gasteiger partial charge on any atom is 0.247 e. The second-order valence-electron chi connectivity index (χ2n) is 6.81. The Hall–Kier alpha value is -1.40. The summed E-state index contributed by atoms with van der Waals surface area (Å²) in [7, 11) is 0. The average molecular weight is 293 g/mol. The number of rotatable bonds is 2. The van der Waals surface area contributed by atoms with Gasteiger partial charge in [-0.05, 0) is 26.7 Å². The summed E-state index contributed by atoms with van der Waals surface area (Å²) in [6.45, 7) is 8.45. The van der Waals surface area contributed by atoms with Crippen molar-refractivity contribution < 1.29 is 14.1 Å². The highest BCUT2D eigenvalue weighted by molar-refractivity contribution is 5.99. The molecule has 3 unspecified atom stereocenters. The van der Waals surface area contributed by atoms with E-state index in [0.717, 1.165) is 30.7 Å². The van der Waals surface area contributed by atoms with Gasteiger partial charge in [0.25, 0.3) is 0 Å². The summed E-state index contributed by atoms with van der Waals surface area (Å²) in [5, 5.41) is 6.67. The molecule has 1 aromatic rings. The quantitative estimate of drug-likeness (QED) is 0.867. The summed E-state index contributed by atoms with van der Waals surface area (Å²) in [6, 6.07) is 0. The first-order valence-electron chi connectivity index (χ1n) is 7.45. The minimum absolute atomic E-state index is 0.0551. The number of hydrogen-bond acceptors (Lipinski definition) is 5. The molecule has 0 bridgehead atoms. The molecular weight excluding hydrogens is 270 g/mol. The third-order valence-corrected chi connectivity index (χ3v) is 5.44. The normalized spacial score (nSPS) is 34.0. The number of ether oxygens (including phenoxy) is 1. The Morgan fingerprint density at radius 2 is 2.14 bits per heavy atom. The van der Waals surface area contributed by atoms with Gasteiger partial charge in [0.05, 0.1) is 11.8 Å². The van der Waals surface area contributed by atoms with Crippen LogP contribution in [0.2, 0.25) is 0 Å². The average Bonchev–Trinajstić information content (AvgIpc) is 2.78. The van der Waals surface area contributed by atoms with Crippen molar-refractivity contribution >= 4 is 11.8 Å². The lowest BCUT2D eigenvalue weighted by atomic mass is 9.46. The van der Waals surface area contributed by atoms with Crippen LogP contribution in [0, 0.1) is 25.2 Å². The molecule has 3 N–H and O–H groups in total. The molecule has 2 fully saturated rings. The Balaban J connectivity index is 1.84. The molecule has 6 nitrogen and oxygen atoms in total. The van der Waals surface area contributed by atoms with E-state index in [1.54, 1.807) is 0 Å². The molecule has 2 heterocycles. The Morgan fingerprint density at radius 3 is 2.76 bits per heavy atom. The molecule has 0 aromatic carbocycles. The van der Waals surface area contributed by atoms with Gasteiger partial charge in [-0.2, -0.15) is 0 Å². The number of amides is 1. The molecule has 1 saturated heterocycles. The maximum absolute atomic E-state index is 12.8. The number of nitrogens with two attached hydrogens (primary N) is 1. The van der Waals surface area contributed by atoms with Crippen molar-refractivity contribution in [3.8, 4) is 0 Å². The second kappa shape index (κ2) is 4.55. The molecular formula is C15H23N3O3. The Labute approximate surface area is 124 Å². The van der Waals surface area contributed by atoms with Gasteiger partial charge in [0.1, 0.15) is 5.54 Å². The molecule has 6 heteroatoms. The van der Waals surface area contributed by atoms with E-state index in [1.165, 1.54) is 0 Å². The van der Waals surface area contributed by atoms with Crippen LogP contribution in [0.1, 0.15) is 37.9 Å². The molecule has 1 aromatic heterocycles. The number of hydrogen-bond donors (Lipinski definition) is 2. The predicted octanol–water partition coefficient (Wildman–Crippen LogP) is 1.76. The molecule has 1 saturated carbocycles. The van der Waals surface area contributed by atoms with Crippen LogP contribution < -0.4 is 11.1 Å². The van der Waals surface area contributed by atoms with E-state index in [4.69, 9.17) is 15.0 Å². The number of nitrogens with zero attached hydrogens (tertiary/aromatic N) is 1. The minimum Gasteiger partial charge on any atom is -0.377 e. The van der Waals surface area contributed by atoms with Crippen LogP contribution in [0.3, 0.4) is 0 Å². The highest BCUT2D eigenvalue weighted by Gasteiger charge is 2.70. The highest BCUT2D eigenvalue weighted by atomic mass is 16.5. The standard InChI is InChI=1S/C15H23N3O3/c1-8-9(2)18-21-12(8)17-13(19)15(16)10-6-5-7-20-11(10)14(15,3)4/h10-11H,5-7,16H2,1-4H3,(H,17,19). The minimum atomic E-state index is -0.939. The van der Waals surface area contributed by atoms with E-state index in [-0.39, 0.29) is 17.9 Å². The third kappa shape index (κ3) is 1.78. The number of aromatic nitrogens is 1. The van der Waals surface area contributed by atoms with Crippen LogP contribution in [-0.4, -0.2) is 29.3 Å². The first kappa shape index (κ1) is 14.5. The smallest absolute Gasteiger partial charge is 0.247 e. The number of carbonyl (C=O) groups excluding carboxylic acids is 1. The fourth-order valence-electron chi connectivity index (χ4n) is 3.78. The Morgan fingerprint density at radius 1 is 1.43 bits per heavy atom. The van der Waals surface area contributed by atoms with E-state index < -0.39 is 11.0 Å². The van der Waals surface area contributed by atoms with Gasteiger partial charge >= 0.3 is 0 Å².